The Kier molecular flexibility index (Phi) is 5.75. The van der Waals surface area contributed by atoms with E-state index in [1.165, 1.54) is 0 Å². The molecule has 0 saturated heterocycles. The van der Waals surface area contributed by atoms with Crippen molar-refractivity contribution in [3.8, 4) is 0 Å². The van der Waals surface area contributed by atoms with E-state index in [1.54, 1.807) is 6.92 Å². The minimum absolute atomic E-state index is 0.0419. The smallest absolute Gasteiger partial charge is 0.226 e. The second-order valence-corrected chi connectivity index (χ2v) is 5.25. The molecule has 0 bridgehead atoms. The van der Waals surface area contributed by atoms with Crippen LogP contribution < -0.4 is 5.32 Å². The molecule has 0 unspecified atom stereocenters. The molecule has 0 atom stereocenters. The van der Waals surface area contributed by atoms with Crippen molar-refractivity contribution in [2.75, 3.05) is 6.54 Å². The number of hydrogen-bond donors (Lipinski definition) is 1. The van der Waals surface area contributed by atoms with E-state index in [4.69, 9.17) is 16.1 Å². The maximum Gasteiger partial charge on any atom is 0.226 e. The van der Waals surface area contributed by atoms with Crippen LogP contribution in [-0.2, 0) is 17.6 Å². The summed E-state index contributed by atoms with van der Waals surface area (Å²) in [7, 11) is 0. The van der Waals surface area contributed by atoms with Crippen molar-refractivity contribution >= 4 is 17.5 Å². The van der Waals surface area contributed by atoms with Crippen molar-refractivity contribution in [1.29, 1.82) is 0 Å². The lowest BCUT2D eigenvalue weighted by Crippen LogP contribution is -2.25. The Balaban J connectivity index is 1.60. The first kappa shape index (κ1) is 15.5. The van der Waals surface area contributed by atoms with Crippen molar-refractivity contribution in [2.24, 2.45) is 0 Å². The molecule has 1 amide bonds. The van der Waals surface area contributed by atoms with Gasteiger partial charge in [0, 0.05) is 24.4 Å². The average molecular weight is 308 g/mol. The number of nitrogens with one attached hydrogen (secondary N) is 1. The number of amides is 1. The zero-order valence-electron chi connectivity index (χ0n) is 11.9. The summed E-state index contributed by atoms with van der Waals surface area (Å²) in [5.41, 5.74) is 1.15. The molecule has 0 aliphatic heterocycles. The van der Waals surface area contributed by atoms with Gasteiger partial charge in [-0.25, -0.2) is 0 Å². The number of halogens is 1. The van der Waals surface area contributed by atoms with Crippen LogP contribution in [0.5, 0.6) is 0 Å². The Labute approximate surface area is 128 Å². The summed E-state index contributed by atoms with van der Waals surface area (Å²) in [6, 6.07) is 7.63. The highest BCUT2D eigenvalue weighted by molar-refractivity contribution is 6.30. The van der Waals surface area contributed by atoms with Gasteiger partial charge in [0.05, 0.1) is 0 Å². The van der Waals surface area contributed by atoms with E-state index in [0.717, 1.165) is 17.0 Å². The van der Waals surface area contributed by atoms with E-state index in [1.807, 2.05) is 24.3 Å². The summed E-state index contributed by atoms with van der Waals surface area (Å²) < 4.78 is 4.99. The number of aromatic nitrogens is 2. The van der Waals surface area contributed by atoms with Gasteiger partial charge in [0.1, 0.15) is 0 Å². The molecule has 1 heterocycles. The normalized spacial score (nSPS) is 10.6. The second-order valence-electron chi connectivity index (χ2n) is 4.82. The van der Waals surface area contributed by atoms with Crippen molar-refractivity contribution in [1.82, 2.24) is 15.5 Å². The number of carbonyl (C=O) groups is 1. The third-order valence-corrected chi connectivity index (χ3v) is 3.27. The van der Waals surface area contributed by atoms with Crippen LogP contribution in [0.15, 0.2) is 28.8 Å². The Morgan fingerprint density at radius 2 is 2.05 bits per heavy atom. The average Bonchev–Trinajstić information content (AvgIpc) is 2.87. The van der Waals surface area contributed by atoms with Crippen molar-refractivity contribution in [3.05, 3.63) is 46.6 Å². The number of nitrogens with zero attached hydrogens (tertiary/aromatic N) is 2. The molecule has 5 nitrogen and oxygen atoms in total. The number of rotatable bonds is 7. The monoisotopic (exact) mass is 307 g/mol. The van der Waals surface area contributed by atoms with Gasteiger partial charge in [-0.2, -0.15) is 4.98 Å². The Hall–Kier alpha value is -1.88. The van der Waals surface area contributed by atoms with Gasteiger partial charge in [-0.1, -0.05) is 28.9 Å². The fourth-order valence-corrected chi connectivity index (χ4v) is 2.05. The van der Waals surface area contributed by atoms with Gasteiger partial charge in [0.15, 0.2) is 5.82 Å². The zero-order valence-corrected chi connectivity index (χ0v) is 12.7. The molecule has 21 heavy (non-hydrogen) atoms. The molecule has 112 valence electrons. The predicted molar refractivity (Wildman–Crippen MR) is 80.1 cm³/mol. The molecule has 1 aromatic heterocycles. The summed E-state index contributed by atoms with van der Waals surface area (Å²) in [5, 5.41) is 7.33. The van der Waals surface area contributed by atoms with E-state index in [2.05, 4.69) is 15.5 Å². The summed E-state index contributed by atoms with van der Waals surface area (Å²) in [4.78, 5) is 15.8. The van der Waals surface area contributed by atoms with Gasteiger partial charge >= 0.3 is 0 Å². The summed E-state index contributed by atoms with van der Waals surface area (Å²) >= 11 is 5.82. The standard InChI is InChI=1S/C15H18ClN3O2/c1-11-18-15(21-19-11)4-2-3-14(20)17-10-9-12-5-7-13(16)8-6-12/h5-8H,2-4,9-10H2,1H3,(H,17,20). The van der Waals surface area contributed by atoms with Gasteiger partial charge < -0.3 is 9.84 Å². The predicted octanol–water partition coefficient (Wildman–Crippen LogP) is 2.71. The summed E-state index contributed by atoms with van der Waals surface area (Å²) in [5.74, 6) is 1.25. The van der Waals surface area contributed by atoms with Crippen LogP contribution in [0.4, 0.5) is 0 Å². The molecule has 0 aliphatic carbocycles. The molecule has 0 aliphatic rings. The largest absolute Gasteiger partial charge is 0.356 e. The fraction of sp³-hybridized carbons (Fsp3) is 0.400. The van der Waals surface area contributed by atoms with Gasteiger partial charge in [0.25, 0.3) is 0 Å². The SMILES string of the molecule is Cc1noc(CCCC(=O)NCCc2ccc(Cl)cc2)n1. The van der Waals surface area contributed by atoms with Crippen LogP contribution >= 0.6 is 11.6 Å². The summed E-state index contributed by atoms with van der Waals surface area (Å²) in [6.07, 6.45) is 2.59. The van der Waals surface area contributed by atoms with Crippen molar-refractivity contribution in [2.45, 2.75) is 32.6 Å². The quantitative estimate of drug-likeness (QED) is 0.854. The molecule has 0 fully saturated rings. The Morgan fingerprint density at radius 1 is 1.29 bits per heavy atom. The highest BCUT2D eigenvalue weighted by Gasteiger charge is 2.05. The first-order valence-corrected chi connectivity index (χ1v) is 7.31. The lowest BCUT2D eigenvalue weighted by atomic mass is 10.1. The number of aryl methyl sites for hydroxylation is 2. The second kappa shape index (κ2) is 7.78. The lowest BCUT2D eigenvalue weighted by molar-refractivity contribution is -0.121. The minimum Gasteiger partial charge on any atom is -0.356 e. The molecule has 0 radical (unpaired) electrons. The number of hydrogen-bond acceptors (Lipinski definition) is 4. The van der Waals surface area contributed by atoms with Crippen LogP contribution in [0.1, 0.15) is 30.1 Å². The highest BCUT2D eigenvalue weighted by atomic mass is 35.5. The van der Waals surface area contributed by atoms with Crippen LogP contribution in [0.3, 0.4) is 0 Å². The van der Waals surface area contributed by atoms with Gasteiger partial charge in [-0.05, 0) is 37.5 Å². The number of carbonyl (C=O) groups excluding carboxylic acids is 1. The molecule has 1 aromatic carbocycles. The van der Waals surface area contributed by atoms with Crippen LogP contribution in [0.2, 0.25) is 5.02 Å². The molecule has 0 spiro atoms. The lowest BCUT2D eigenvalue weighted by Gasteiger charge is -2.05. The zero-order chi connectivity index (χ0) is 15.1. The summed E-state index contributed by atoms with van der Waals surface area (Å²) in [6.45, 7) is 2.40. The van der Waals surface area contributed by atoms with Crippen molar-refractivity contribution in [3.63, 3.8) is 0 Å². The van der Waals surface area contributed by atoms with E-state index in [-0.39, 0.29) is 5.91 Å². The Morgan fingerprint density at radius 3 is 2.71 bits per heavy atom. The van der Waals surface area contributed by atoms with E-state index in [9.17, 15) is 4.79 Å². The first-order valence-electron chi connectivity index (χ1n) is 6.94. The molecule has 1 N–H and O–H groups in total. The van der Waals surface area contributed by atoms with E-state index < -0.39 is 0 Å². The topological polar surface area (TPSA) is 68.0 Å². The van der Waals surface area contributed by atoms with Crippen LogP contribution in [-0.4, -0.2) is 22.6 Å². The van der Waals surface area contributed by atoms with Gasteiger partial charge in [-0.3, -0.25) is 4.79 Å². The molecule has 0 saturated carbocycles. The maximum atomic E-state index is 11.7. The Bertz CT molecular complexity index is 581. The molecule has 2 rings (SSSR count). The first-order chi connectivity index (χ1) is 10.1. The van der Waals surface area contributed by atoms with Gasteiger partial charge in [-0.15, -0.1) is 0 Å². The third kappa shape index (κ3) is 5.55. The van der Waals surface area contributed by atoms with Crippen LogP contribution in [0, 0.1) is 6.92 Å². The van der Waals surface area contributed by atoms with Crippen molar-refractivity contribution < 1.29 is 9.32 Å². The molecule has 6 heteroatoms. The van der Waals surface area contributed by atoms with Gasteiger partial charge in [0.2, 0.25) is 11.8 Å². The molecule has 2 aromatic rings. The third-order valence-electron chi connectivity index (χ3n) is 3.01. The maximum absolute atomic E-state index is 11.7. The van der Waals surface area contributed by atoms with E-state index >= 15 is 0 Å². The van der Waals surface area contributed by atoms with E-state index in [0.29, 0.717) is 37.5 Å². The van der Waals surface area contributed by atoms with Crippen LogP contribution in [0.25, 0.3) is 0 Å². The minimum atomic E-state index is 0.0419. The number of benzene rings is 1. The fourth-order valence-electron chi connectivity index (χ4n) is 1.93. The molecular formula is C15H18ClN3O2. The highest BCUT2D eigenvalue weighted by Crippen LogP contribution is 2.09. The molecular weight excluding hydrogens is 290 g/mol.